The zero-order chi connectivity index (χ0) is 13.0. The second kappa shape index (κ2) is 6.53. The molecule has 0 aromatic heterocycles. The Kier molecular flexibility index (Phi) is 5.01. The molecule has 0 aliphatic carbocycles. The van der Waals surface area contributed by atoms with Gasteiger partial charge in [0, 0.05) is 19.1 Å². The van der Waals surface area contributed by atoms with E-state index in [-0.39, 0.29) is 12.0 Å². The lowest BCUT2D eigenvalue weighted by molar-refractivity contribution is -0.136. The van der Waals surface area contributed by atoms with Gasteiger partial charge < -0.3 is 15.0 Å². The van der Waals surface area contributed by atoms with Gasteiger partial charge in [-0.2, -0.15) is 0 Å². The Morgan fingerprint density at radius 2 is 2.17 bits per heavy atom. The highest BCUT2D eigenvalue weighted by molar-refractivity contribution is 5.80. The molecule has 0 saturated carbocycles. The SMILES string of the molecule is CCNC1COCC1C(=O)N1CCCC(C)CC1. The summed E-state index contributed by atoms with van der Waals surface area (Å²) in [6.45, 7) is 8.38. The molecule has 2 rings (SSSR count). The molecule has 2 saturated heterocycles. The maximum atomic E-state index is 12.6. The van der Waals surface area contributed by atoms with Gasteiger partial charge in [0.1, 0.15) is 0 Å². The van der Waals surface area contributed by atoms with Crippen molar-refractivity contribution in [3.63, 3.8) is 0 Å². The number of carbonyl (C=O) groups excluding carboxylic acids is 1. The molecule has 0 aromatic carbocycles. The lowest BCUT2D eigenvalue weighted by Gasteiger charge is -2.26. The van der Waals surface area contributed by atoms with E-state index >= 15 is 0 Å². The molecule has 18 heavy (non-hydrogen) atoms. The van der Waals surface area contributed by atoms with Crippen molar-refractivity contribution >= 4 is 5.91 Å². The molecular formula is C14H26N2O2. The lowest BCUT2D eigenvalue weighted by Crippen LogP contribution is -2.46. The van der Waals surface area contributed by atoms with Crippen LogP contribution in [0.25, 0.3) is 0 Å². The molecule has 4 heteroatoms. The van der Waals surface area contributed by atoms with Crippen molar-refractivity contribution in [1.29, 1.82) is 0 Å². The van der Waals surface area contributed by atoms with Crippen molar-refractivity contribution < 1.29 is 9.53 Å². The van der Waals surface area contributed by atoms with Crippen LogP contribution >= 0.6 is 0 Å². The number of nitrogens with zero attached hydrogens (tertiary/aromatic N) is 1. The van der Waals surface area contributed by atoms with Crippen molar-refractivity contribution in [3.8, 4) is 0 Å². The fraction of sp³-hybridized carbons (Fsp3) is 0.929. The first kappa shape index (κ1) is 13.8. The van der Waals surface area contributed by atoms with Crippen LogP contribution in [0.5, 0.6) is 0 Å². The largest absolute Gasteiger partial charge is 0.379 e. The molecular weight excluding hydrogens is 228 g/mol. The van der Waals surface area contributed by atoms with E-state index in [9.17, 15) is 4.79 Å². The van der Waals surface area contributed by atoms with E-state index in [1.54, 1.807) is 0 Å². The Bertz CT molecular complexity index is 283. The number of rotatable bonds is 3. The number of ether oxygens (including phenoxy) is 1. The van der Waals surface area contributed by atoms with E-state index in [0.29, 0.717) is 19.1 Å². The molecule has 1 N–H and O–H groups in total. The predicted octanol–water partition coefficient (Wildman–Crippen LogP) is 1.26. The van der Waals surface area contributed by atoms with Crippen molar-refractivity contribution in [1.82, 2.24) is 10.2 Å². The minimum absolute atomic E-state index is 0.0263. The van der Waals surface area contributed by atoms with Crippen LogP contribution in [0.4, 0.5) is 0 Å². The molecule has 4 nitrogen and oxygen atoms in total. The second-order valence-corrected chi connectivity index (χ2v) is 5.67. The molecule has 2 heterocycles. The summed E-state index contributed by atoms with van der Waals surface area (Å²) in [6, 6.07) is 0.211. The van der Waals surface area contributed by atoms with Crippen molar-refractivity contribution in [3.05, 3.63) is 0 Å². The third kappa shape index (κ3) is 3.23. The molecule has 0 aromatic rings. The molecule has 3 unspecified atom stereocenters. The van der Waals surface area contributed by atoms with Crippen LogP contribution < -0.4 is 5.32 Å². The molecule has 2 fully saturated rings. The number of likely N-dealkylation sites (N-methyl/N-ethyl adjacent to an activating group) is 1. The summed E-state index contributed by atoms with van der Waals surface area (Å²) < 4.78 is 5.48. The minimum Gasteiger partial charge on any atom is -0.379 e. The van der Waals surface area contributed by atoms with Crippen molar-refractivity contribution in [2.75, 3.05) is 32.8 Å². The van der Waals surface area contributed by atoms with Gasteiger partial charge in [-0.15, -0.1) is 0 Å². The second-order valence-electron chi connectivity index (χ2n) is 5.67. The van der Waals surface area contributed by atoms with Crippen LogP contribution in [0.2, 0.25) is 0 Å². The Morgan fingerprint density at radius 3 is 2.94 bits per heavy atom. The first-order chi connectivity index (χ1) is 8.72. The Balaban J connectivity index is 1.93. The smallest absolute Gasteiger partial charge is 0.229 e. The molecule has 0 bridgehead atoms. The van der Waals surface area contributed by atoms with Gasteiger partial charge >= 0.3 is 0 Å². The van der Waals surface area contributed by atoms with Gasteiger partial charge in [0.2, 0.25) is 5.91 Å². The van der Waals surface area contributed by atoms with Gasteiger partial charge in [-0.25, -0.2) is 0 Å². The maximum absolute atomic E-state index is 12.6. The van der Waals surface area contributed by atoms with E-state index in [1.165, 1.54) is 6.42 Å². The summed E-state index contributed by atoms with van der Waals surface area (Å²) in [5.74, 6) is 1.08. The highest BCUT2D eigenvalue weighted by Crippen LogP contribution is 2.21. The van der Waals surface area contributed by atoms with E-state index in [2.05, 4.69) is 24.1 Å². The number of amides is 1. The summed E-state index contributed by atoms with van der Waals surface area (Å²) in [5.41, 5.74) is 0. The normalized spacial score (nSPS) is 33.4. The lowest BCUT2D eigenvalue weighted by atomic mass is 10.0. The molecule has 2 aliphatic heterocycles. The van der Waals surface area contributed by atoms with Gasteiger partial charge in [0.25, 0.3) is 0 Å². The van der Waals surface area contributed by atoms with Crippen molar-refractivity contribution in [2.45, 2.75) is 39.2 Å². The van der Waals surface area contributed by atoms with Crippen LogP contribution in [0.15, 0.2) is 0 Å². The summed E-state index contributed by atoms with van der Waals surface area (Å²) >= 11 is 0. The van der Waals surface area contributed by atoms with E-state index in [0.717, 1.165) is 38.4 Å². The minimum atomic E-state index is 0.0263. The molecule has 2 aliphatic rings. The van der Waals surface area contributed by atoms with Gasteiger partial charge in [0.15, 0.2) is 0 Å². The first-order valence-corrected chi connectivity index (χ1v) is 7.32. The van der Waals surface area contributed by atoms with Crippen LogP contribution in [0.1, 0.15) is 33.1 Å². The van der Waals surface area contributed by atoms with E-state index < -0.39 is 0 Å². The standard InChI is InChI=1S/C14H26N2O2/c1-3-15-13-10-18-9-12(13)14(17)16-7-4-5-11(2)6-8-16/h11-13,15H,3-10H2,1-2H3. The third-order valence-electron chi connectivity index (χ3n) is 4.19. The van der Waals surface area contributed by atoms with Crippen LogP contribution in [-0.4, -0.2) is 49.7 Å². The summed E-state index contributed by atoms with van der Waals surface area (Å²) in [4.78, 5) is 14.6. The number of likely N-dealkylation sites (tertiary alicyclic amines) is 1. The highest BCUT2D eigenvalue weighted by atomic mass is 16.5. The van der Waals surface area contributed by atoms with Crippen molar-refractivity contribution in [2.24, 2.45) is 11.8 Å². The Hall–Kier alpha value is -0.610. The molecule has 0 spiro atoms. The monoisotopic (exact) mass is 254 g/mol. The average molecular weight is 254 g/mol. The number of hydrogen-bond acceptors (Lipinski definition) is 3. The van der Waals surface area contributed by atoms with Crippen LogP contribution in [0.3, 0.4) is 0 Å². The van der Waals surface area contributed by atoms with Gasteiger partial charge in [0.05, 0.1) is 19.1 Å². The van der Waals surface area contributed by atoms with Gasteiger partial charge in [-0.1, -0.05) is 13.8 Å². The zero-order valence-corrected chi connectivity index (χ0v) is 11.7. The predicted molar refractivity (Wildman–Crippen MR) is 71.4 cm³/mol. The van der Waals surface area contributed by atoms with E-state index in [4.69, 9.17) is 4.74 Å². The molecule has 3 atom stereocenters. The maximum Gasteiger partial charge on any atom is 0.229 e. The Morgan fingerprint density at radius 1 is 1.33 bits per heavy atom. The molecule has 1 amide bonds. The van der Waals surface area contributed by atoms with E-state index in [1.807, 2.05) is 0 Å². The topological polar surface area (TPSA) is 41.6 Å². The molecule has 104 valence electrons. The zero-order valence-electron chi connectivity index (χ0n) is 11.7. The quantitative estimate of drug-likeness (QED) is 0.824. The van der Waals surface area contributed by atoms with Gasteiger partial charge in [-0.05, 0) is 31.7 Å². The fourth-order valence-electron chi connectivity index (χ4n) is 2.98. The summed E-state index contributed by atoms with van der Waals surface area (Å²) in [5, 5.41) is 3.37. The fourth-order valence-corrected chi connectivity index (χ4v) is 2.98. The molecule has 0 radical (unpaired) electrons. The number of carbonyl (C=O) groups is 1. The first-order valence-electron chi connectivity index (χ1n) is 7.32. The number of nitrogens with one attached hydrogen (secondary N) is 1. The Labute approximate surface area is 110 Å². The summed E-state index contributed by atoms with van der Waals surface area (Å²) in [7, 11) is 0. The highest BCUT2D eigenvalue weighted by Gasteiger charge is 2.36. The van der Waals surface area contributed by atoms with Gasteiger partial charge in [-0.3, -0.25) is 4.79 Å². The van der Waals surface area contributed by atoms with Crippen LogP contribution in [0, 0.1) is 11.8 Å². The summed E-state index contributed by atoms with van der Waals surface area (Å²) in [6.07, 6.45) is 3.54. The average Bonchev–Trinajstić information content (AvgIpc) is 2.70. The van der Waals surface area contributed by atoms with Crippen LogP contribution in [-0.2, 0) is 9.53 Å². The number of hydrogen-bond donors (Lipinski definition) is 1. The third-order valence-corrected chi connectivity index (χ3v) is 4.19.